The minimum absolute atomic E-state index is 0.0890. The molecule has 6 nitrogen and oxygen atoms in total. The number of hydrogen-bond acceptors (Lipinski definition) is 4. The predicted molar refractivity (Wildman–Crippen MR) is 82.9 cm³/mol. The molecule has 1 fully saturated rings. The topological polar surface area (TPSA) is 71.8 Å². The van der Waals surface area contributed by atoms with E-state index in [-0.39, 0.29) is 18.0 Å². The van der Waals surface area contributed by atoms with E-state index in [1.54, 1.807) is 6.20 Å². The van der Waals surface area contributed by atoms with E-state index < -0.39 is 0 Å². The lowest BCUT2D eigenvalue weighted by Crippen LogP contribution is -2.49. The number of hydrogen-bond donors (Lipinski definition) is 2. The van der Waals surface area contributed by atoms with Gasteiger partial charge in [-0.2, -0.15) is 0 Å². The summed E-state index contributed by atoms with van der Waals surface area (Å²) in [6.45, 7) is 2.82. The normalized spacial score (nSPS) is 21.6. The van der Waals surface area contributed by atoms with Crippen molar-refractivity contribution in [1.29, 1.82) is 0 Å². The van der Waals surface area contributed by atoms with Crippen molar-refractivity contribution in [2.45, 2.75) is 38.4 Å². The molecule has 6 heteroatoms. The lowest BCUT2D eigenvalue weighted by Gasteiger charge is -2.32. The van der Waals surface area contributed by atoms with Gasteiger partial charge in [0.25, 0.3) is 0 Å². The molecular formula is C16H21N5O. The van der Waals surface area contributed by atoms with Gasteiger partial charge in [-0.1, -0.05) is 0 Å². The largest absolute Gasteiger partial charge is 0.345 e. The fraction of sp³-hybridized carbons (Fsp3) is 0.438. The SMILES string of the molecule is Cc1cnccc1CN[C@@H]1CCC(=O)N[C@H]1c1nccn1C. The Morgan fingerprint density at radius 3 is 3.05 bits per heavy atom. The maximum Gasteiger partial charge on any atom is 0.220 e. The number of nitrogens with one attached hydrogen (secondary N) is 2. The molecule has 0 spiro atoms. The van der Waals surface area contributed by atoms with Crippen LogP contribution < -0.4 is 10.6 Å². The first-order valence-electron chi connectivity index (χ1n) is 7.54. The Bertz CT molecular complexity index is 666. The van der Waals surface area contributed by atoms with E-state index in [1.807, 2.05) is 36.3 Å². The smallest absolute Gasteiger partial charge is 0.220 e. The second-order valence-electron chi connectivity index (χ2n) is 5.77. The van der Waals surface area contributed by atoms with Crippen molar-refractivity contribution in [2.24, 2.45) is 7.05 Å². The molecule has 3 rings (SSSR count). The maximum absolute atomic E-state index is 11.8. The van der Waals surface area contributed by atoms with E-state index in [1.165, 1.54) is 11.1 Å². The highest BCUT2D eigenvalue weighted by Crippen LogP contribution is 2.23. The van der Waals surface area contributed by atoms with Gasteiger partial charge in [0.2, 0.25) is 5.91 Å². The van der Waals surface area contributed by atoms with Gasteiger partial charge < -0.3 is 15.2 Å². The van der Waals surface area contributed by atoms with Gasteiger partial charge in [-0.15, -0.1) is 0 Å². The number of aryl methyl sites for hydroxylation is 2. The maximum atomic E-state index is 11.8. The number of imidazole rings is 1. The fourth-order valence-corrected chi connectivity index (χ4v) is 2.88. The summed E-state index contributed by atoms with van der Waals surface area (Å²) >= 11 is 0. The first-order valence-corrected chi connectivity index (χ1v) is 7.54. The van der Waals surface area contributed by atoms with Crippen LogP contribution in [0.3, 0.4) is 0 Å². The van der Waals surface area contributed by atoms with Crippen molar-refractivity contribution >= 4 is 5.91 Å². The van der Waals surface area contributed by atoms with Crippen LogP contribution in [0.25, 0.3) is 0 Å². The van der Waals surface area contributed by atoms with Gasteiger partial charge in [0.1, 0.15) is 11.9 Å². The molecule has 116 valence electrons. The van der Waals surface area contributed by atoms with Crippen molar-refractivity contribution in [1.82, 2.24) is 25.2 Å². The minimum atomic E-state index is -0.0941. The van der Waals surface area contributed by atoms with E-state index in [0.29, 0.717) is 6.42 Å². The highest BCUT2D eigenvalue weighted by atomic mass is 16.1. The number of piperidine rings is 1. The van der Waals surface area contributed by atoms with Gasteiger partial charge in [0.15, 0.2) is 0 Å². The van der Waals surface area contributed by atoms with E-state index in [4.69, 9.17) is 0 Å². The molecule has 1 saturated heterocycles. The van der Waals surface area contributed by atoms with Crippen LogP contribution in [0.15, 0.2) is 30.9 Å². The zero-order valence-electron chi connectivity index (χ0n) is 12.9. The summed E-state index contributed by atoms with van der Waals surface area (Å²) in [7, 11) is 1.95. The van der Waals surface area contributed by atoms with Crippen LogP contribution in [0.4, 0.5) is 0 Å². The molecule has 1 aliphatic heterocycles. The molecule has 0 radical (unpaired) electrons. The van der Waals surface area contributed by atoms with Gasteiger partial charge >= 0.3 is 0 Å². The molecule has 22 heavy (non-hydrogen) atoms. The van der Waals surface area contributed by atoms with Gasteiger partial charge in [0, 0.05) is 50.8 Å². The first kappa shape index (κ1) is 14.7. The molecule has 2 aromatic rings. The summed E-state index contributed by atoms with van der Waals surface area (Å²) in [5.74, 6) is 0.975. The Morgan fingerprint density at radius 2 is 2.32 bits per heavy atom. The zero-order chi connectivity index (χ0) is 15.5. The molecule has 0 bridgehead atoms. The molecule has 0 unspecified atom stereocenters. The second-order valence-corrected chi connectivity index (χ2v) is 5.77. The Balaban J connectivity index is 1.74. The quantitative estimate of drug-likeness (QED) is 0.891. The summed E-state index contributed by atoms with van der Waals surface area (Å²) < 4.78 is 1.96. The number of carbonyl (C=O) groups is 1. The van der Waals surface area contributed by atoms with E-state index >= 15 is 0 Å². The Labute approximate surface area is 130 Å². The molecule has 2 aromatic heterocycles. The average Bonchev–Trinajstić information content (AvgIpc) is 2.93. The minimum Gasteiger partial charge on any atom is -0.345 e. The number of amides is 1. The summed E-state index contributed by atoms with van der Waals surface area (Å²) in [6, 6.07) is 2.11. The third-order valence-corrected chi connectivity index (χ3v) is 4.23. The second kappa shape index (κ2) is 6.27. The van der Waals surface area contributed by atoms with E-state index in [2.05, 4.69) is 27.5 Å². The number of aromatic nitrogens is 3. The third-order valence-electron chi connectivity index (χ3n) is 4.23. The molecule has 3 heterocycles. The molecule has 0 saturated carbocycles. The summed E-state index contributed by atoms with van der Waals surface area (Å²) in [6.07, 6.45) is 8.71. The Hall–Kier alpha value is -2.21. The summed E-state index contributed by atoms with van der Waals surface area (Å²) in [5, 5.41) is 6.63. The highest BCUT2D eigenvalue weighted by molar-refractivity contribution is 5.77. The lowest BCUT2D eigenvalue weighted by molar-refractivity contribution is -0.124. The monoisotopic (exact) mass is 299 g/mol. The zero-order valence-corrected chi connectivity index (χ0v) is 12.9. The number of carbonyl (C=O) groups excluding carboxylic acids is 1. The molecule has 2 atom stereocenters. The van der Waals surface area contributed by atoms with Gasteiger partial charge in [0.05, 0.1) is 0 Å². The van der Waals surface area contributed by atoms with Gasteiger partial charge in [-0.05, 0) is 30.5 Å². The molecular weight excluding hydrogens is 278 g/mol. The molecule has 0 aromatic carbocycles. The molecule has 0 aliphatic carbocycles. The van der Waals surface area contributed by atoms with Crippen LogP contribution >= 0.6 is 0 Å². The highest BCUT2D eigenvalue weighted by Gasteiger charge is 2.31. The Morgan fingerprint density at radius 1 is 1.45 bits per heavy atom. The third kappa shape index (κ3) is 3.01. The Kier molecular flexibility index (Phi) is 4.20. The fourth-order valence-electron chi connectivity index (χ4n) is 2.88. The van der Waals surface area contributed by atoms with Crippen molar-refractivity contribution in [2.75, 3.05) is 0 Å². The van der Waals surface area contributed by atoms with E-state index in [9.17, 15) is 4.79 Å². The number of nitrogens with zero attached hydrogens (tertiary/aromatic N) is 3. The van der Waals surface area contributed by atoms with Crippen LogP contribution in [0.5, 0.6) is 0 Å². The molecule has 1 aliphatic rings. The van der Waals surface area contributed by atoms with Crippen molar-refractivity contribution in [3.63, 3.8) is 0 Å². The summed E-state index contributed by atoms with van der Waals surface area (Å²) in [5.41, 5.74) is 2.40. The lowest BCUT2D eigenvalue weighted by atomic mass is 9.96. The standard InChI is InChI=1S/C16H21N5O/c1-11-9-17-6-5-12(11)10-19-13-3-4-14(22)20-15(13)16-18-7-8-21(16)2/h5-9,13,15,19H,3-4,10H2,1-2H3,(H,20,22)/t13-,15-/m1/s1. The van der Waals surface area contributed by atoms with Crippen LogP contribution in [-0.4, -0.2) is 26.5 Å². The summed E-state index contributed by atoms with van der Waals surface area (Å²) in [4.78, 5) is 20.3. The predicted octanol–water partition coefficient (Wildman–Crippen LogP) is 1.23. The van der Waals surface area contributed by atoms with Crippen molar-refractivity contribution in [3.8, 4) is 0 Å². The van der Waals surface area contributed by atoms with Crippen LogP contribution in [0.1, 0.15) is 35.8 Å². The number of rotatable bonds is 4. The van der Waals surface area contributed by atoms with E-state index in [0.717, 1.165) is 18.8 Å². The van der Waals surface area contributed by atoms with Crippen LogP contribution in [-0.2, 0) is 18.4 Å². The number of pyridine rings is 1. The van der Waals surface area contributed by atoms with Gasteiger partial charge in [-0.3, -0.25) is 9.78 Å². The molecule has 2 N–H and O–H groups in total. The van der Waals surface area contributed by atoms with Crippen molar-refractivity contribution < 1.29 is 4.79 Å². The molecule has 1 amide bonds. The van der Waals surface area contributed by atoms with Crippen molar-refractivity contribution in [3.05, 3.63) is 47.8 Å². The van der Waals surface area contributed by atoms with Gasteiger partial charge in [-0.25, -0.2) is 4.98 Å². The van der Waals surface area contributed by atoms with Crippen LogP contribution in [0.2, 0.25) is 0 Å². The average molecular weight is 299 g/mol. The van der Waals surface area contributed by atoms with Crippen LogP contribution in [0, 0.1) is 6.92 Å². The first-order chi connectivity index (χ1) is 10.6.